The normalized spacial score (nSPS) is 14.4. The predicted octanol–water partition coefficient (Wildman–Crippen LogP) is 4.10. The molecule has 0 unspecified atom stereocenters. The molecule has 3 rings (SSSR count). The van der Waals surface area contributed by atoms with Crippen LogP contribution in [0, 0.1) is 0 Å². The lowest BCUT2D eigenvalue weighted by Crippen LogP contribution is -2.35. The third kappa shape index (κ3) is 3.36. The third-order valence-electron chi connectivity index (χ3n) is 4.00. The number of carbonyl (C=O) groups excluding carboxylic acids is 1. The summed E-state index contributed by atoms with van der Waals surface area (Å²) in [6.07, 6.45) is 2.85. The molecule has 2 aromatic carbocycles. The molecule has 1 amide bonds. The molecule has 0 N–H and O–H groups in total. The van der Waals surface area contributed by atoms with Crippen LogP contribution in [0.15, 0.2) is 45.8 Å². The molecule has 0 saturated carbocycles. The van der Waals surface area contributed by atoms with E-state index in [9.17, 15) is 13.2 Å². The molecule has 0 saturated heterocycles. The molecule has 0 bridgehead atoms. The fraction of sp³-hybridized carbons (Fsp3) is 0.235. The Balaban J connectivity index is 2.05. The van der Waals surface area contributed by atoms with Crippen LogP contribution in [0.5, 0.6) is 0 Å². The van der Waals surface area contributed by atoms with Crippen LogP contribution in [-0.2, 0) is 16.3 Å². The van der Waals surface area contributed by atoms with Crippen LogP contribution in [0.2, 0.25) is 5.02 Å². The Morgan fingerprint density at radius 3 is 2.67 bits per heavy atom. The highest BCUT2D eigenvalue weighted by Gasteiger charge is 2.26. The molecular weight excluding hydrogens is 414 g/mol. The molecule has 1 aliphatic heterocycles. The van der Waals surface area contributed by atoms with E-state index in [0.29, 0.717) is 6.54 Å². The van der Waals surface area contributed by atoms with Crippen molar-refractivity contribution < 1.29 is 13.2 Å². The number of nitrogens with zero attached hydrogens (tertiary/aromatic N) is 1. The Bertz CT molecular complexity index is 927. The number of benzene rings is 2. The fourth-order valence-corrected chi connectivity index (χ4v) is 4.08. The lowest BCUT2D eigenvalue weighted by molar-refractivity contribution is 0.0985. The summed E-state index contributed by atoms with van der Waals surface area (Å²) in [6.45, 7) is 0.576. The summed E-state index contributed by atoms with van der Waals surface area (Å²) in [6, 6.07) is 10.0. The Morgan fingerprint density at radius 2 is 1.96 bits per heavy atom. The average molecular weight is 429 g/mol. The highest BCUT2D eigenvalue weighted by molar-refractivity contribution is 9.10. The average Bonchev–Trinajstić information content (AvgIpc) is 2.52. The number of hydrogen-bond donors (Lipinski definition) is 0. The molecule has 2 aromatic rings. The minimum atomic E-state index is -3.41. The Labute approximate surface area is 154 Å². The molecule has 0 fully saturated rings. The van der Waals surface area contributed by atoms with Crippen LogP contribution in [0.4, 0.5) is 5.69 Å². The standard InChI is InChI=1S/C17H15BrClNO3S/c1-24(22,23)13-5-6-15(19)14(10-13)17(21)20-8-2-3-11-9-12(18)4-7-16(11)20/h4-7,9-10H,2-3,8H2,1H3. The van der Waals surface area contributed by atoms with Gasteiger partial charge in [-0.25, -0.2) is 8.42 Å². The quantitative estimate of drug-likeness (QED) is 0.723. The number of anilines is 1. The third-order valence-corrected chi connectivity index (χ3v) is 5.93. The maximum absolute atomic E-state index is 13.0. The molecule has 0 aromatic heterocycles. The molecular formula is C17H15BrClNO3S. The van der Waals surface area contributed by atoms with Crippen LogP contribution in [0.1, 0.15) is 22.3 Å². The van der Waals surface area contributed by atoms with Gasteiger partial charge in [0, 0.05) is 23.0 Å². The summed E-state index contributed by atoms with van der Waals surface area (Å²) in [5, 5.41) is 0.247. The maximum Gasteiger partial charge on any atom is 0.259 e. The smallest absolute Gasteiger partial charge is 0.259 e. The van der Waals surface area contributed by atoms with Gasteiger partial charge in [0.25, 0.3) is 5.91 Å². The lowest BCUT2D eigenvalue weighted by Gasteiger charge is -2.30. The first kappa shape index (κ1) is 17.5. The van der Waals surface area contributed by atoms with Crippen LogP contribution < -0.4 is 4.90 Å². The van der Waals surface area contributed by atoms with Crippen LogP contribution in [-0.4, -0.2) is 27.1 Å². The molecule has 0 spiro atoms. The van der Waals surface area contributed by atoms with Gasteiger partial charge < -0.3 is 4.90 Å². The van der Waals surface area contributed by atoms with E-state index in [2.05, 4.69) is 15.9 Å². The Morgan fingerprint density at radius 1 is 1.21 bits per heavy atom. The summed E-state index contributed by atoms with van der Waals surface area (Å²) < 4.78 is 24.5. The van der Waals surface area contributed by atoms with Crippen molar-refractivity contribution in [2.75, 3.05) is 17.7 Å². The van der Waals surface area contributed by atoms with Gasteiger partial charge in [0.15, 0.2) is 9.84 Å². The highest BCUT2D eigenvalue weighted by Crippen LogP contribution is 2.32. The van der Waals surface area contributed by atoms with Crippen molar-refractivity contribution in [2.24, 2.45) is 0 Å². The molecule has 7 heteroatoms. The van der Waals surface area contributed by atoms with Crippen LogP contribution in [0.25, 0.3) is 0 Å². The number of rotatable bonds is 2. The van der Waals surface area contributed by atoms with Crippen molar-refractivity contribution in [2.45, 2.75) is 17.7 Å². The van der Waals surface area contributed by atoms with E-state index in [-0.39, 0.29) is 21.4 Å². The van der Waals surface area contributed by atoms with Gasteiger partial charge in [-0.1, -0.05) is 27.5 Å². The monoisotopic (exact) mass is 427 g/mol. The van der Waals surface area contributed by atoms with Crippen LogP contribution in [0.3, 0.4) is 0 Å². The molecule has 0 aliphatic carbocycles. The number of halogens is 2. The van der Waals surface area contributed by atoms with Crippen molar-refractivity contribution in [3.8, 4) is 0 Å². The number of fused-ring (bicyclic) bond motifs is 1. The van der Waals surface area contributed by atoms with Crippen molar-refractivity contribution >= 4 is 49.0 Å². The first-order valence-corrected chi connectivity index (χ1v) is 10.4. The van der Waals surface area contributed by atoms with E-state index in [0.717, 1.165) is 34.8 Å². The van der Waals surface area contributed by atoms with Crippen LogP contribution >= 0.6 is 27.5 Å². The summed E-state index contributed by atoms with van der Waals surface area (Å²) >= 11 is 9.61. The van der Waals surface area contributed by atoms with Gasteiger partial charge in [-0.2, -0.15) is 0 Å². The van der Waals surface area contributed by atoms with Crippen molar-refractivity contribution in [3.63, 3.8) is 0 Å². The molecule has 1 heterocycles. The molecule has 0 atom stereocenters. The largest absolute Gasteiger partial charge is 0.308 e. The maximum atomic E-state index is 13.0. The first-order valence-electron chi connectivity index (χ1n) is 7.37. The van der Waals surface area contributed by atoms with Crippen molar-refractivity contribution in [1.29, 1.82) is 0 Å². The topological polar surface area (TPSA) is 54.5 Å². The number of hydrogen-bond acceptors (Lipinski definition) is 3. The van der Waals surface area contributed by atoms with E-state index in [1.54, 1.807) is 4.90 Å². The second-order valence-electron chi connectivity index (χ2n) is 5.75. The van der Waals surface area contributed by atoms with E-state index in [4.69, 9.17) is 11.6 Å². The zero-order valence-corrected chi connectivity index (χ0v) is 16.1. The van der Waals surface area contributed by atoms with E-state index in [1.165, 1.54) is 18.2 Å². The van der Waals surface area contributed by atoms with Gasteiger partial charge in [-0.15, -0.1) is 0 Å². The zero-order valence-electron chi connectivity index (χ0n) is 12.9. The second kappa shape index (κ2) is 6.50. The fourth-order valence-electron chi connectivity index (χ4n) is 2.82. The summed E-state index contributed by atoms with van der Waals surface area (Å²) in [5.41, 5.74) is 2.13. The molecule has 4 nitrogen and oxygen atoms in total. The van der Waals surface area contributed by atoms with Gasteiger partial charge in [-0.3, -0.25) is 4.79 Å². The number of sulfone groups is 1. The minimum absolute atomic E-state index is 0.0864. The van der Waals surface area contributed by atoms with Crippen molar-refractivity contribution in [1.82, 2.24) is 0 Å². The number of carbonyl (C=O) groups is 1. The van der Waals surface area contributed by atoms with Gasteiger partial charge in [0.2, 0.25) is 0 Å². The molecule has 0 radical (unpaired) electrons. The van der Waals surface area contributed by atoms with E-state index in [1.807, 2.05) is 18.2 Å². The van der Waals surface area contributed by atoms with E-state index >= 15 is 0 Å². The second-order valence-corrected chi connectivity index (χ2v) is 9.09. The zero-order chi connectivity index (χ0) is 17.5. The first-order chi connectivity index (χ1) is 11.3. The van der Waals surface area contributed by atoms with Crippen molar-refractivity contribution in [3.05, 3.63) is 57.0 Å². The predicted molar refractivity (Wildman–Crippen MR) is 98.7 cm³/mol. The Hall–Kier alpha value is -1.37. The van der Waals surface area contributed by atoms with Gasteiger partial charge in [-0.05, 0) is 54.8 Å². The summed E-state index contributed by atoms with van der Waals surface area (Å²) in [7, 11) is -3.41. The summed E-state index contributed by atoms with van der Waals surface area (Å²) in [5.74, 6) is -0.284. The summed E-state index contributed by atoms with van der Waals surface area (Å²) in [4.78, 5) is 14.7. The molecule has 24 heavy (non-hydrogen) atoms. The Kier molecular flexibility index (Phi) is 4.73. The lowest BCUT2D eigenvalue weighted by atomic mass is 10.0. The molecule has 126 valence electrons. The minimum Gasteiger partial charge on any atom is -0.308 e. The van der Waals surface area contributed by atoms with Gasteiger partial charge >= 0.3 is 0 Å². The SMILES string of the molecule is CS(=O)(=O)c1ccc(Cl)c(C(=O)N2CCCc3cc(Br)ccc32)c1. The number of aryl methyl sites for hydroxylation is 1. The van der Waals surface area contributed by atoms with E-state index < -0.39 is 9.84 Å². The molecule has 1 aliphatic rings. The number of amides is 1. The van der Waals surface area contributed by atoms with Gasteiger partial charge in [0.05, 0.1) is 15.5 Å². The highest BCUT2D eigenvalue weighted by atomic mass is 79.9. The van der Waals surface area contributed by atoms with Gasteiger partial charge in [0.1, 0.15) is 0 Å².